The Kier molecular flexibility index (Phi) is 5.67. The van der Waals surface area contributed by atoms with E-state index in [0.717, 1.165) is 55.0 Å². The Labute approximate surface area is 167 Å². The number of likely N-dealkylation sites (tertiary alicyclic amines) is 1. The van der Waals surface area contributed by atoms with Crippen molar-refractivity contribution in [1.82, 2.24) is 4.90 Å². The van der Waals surface area contributed by atoms with Gasteiger partial charge in [0, 0.05) is 25.1 Å². The van der Waals surface area contributed by atoms with Gasteiger partial charge in [-0.2, -0.15) is 0 Å². The molecule has 0 bridgehead atoms. The van der Waals surface area contributed by atoms with Gasteiger partial charge < -0.3 is 10.1 Å². The number of carbonyl (C=O) groups excluding carboxylic acids is 1. The molecule has 28 heavy (non-hydrogen) atoms. The molecule has 1 fully saturated rings. The van der Waals surface area contributed by atoms with Gasteiger partial charge >= 0.3 is 0 Å². The van der Waals surface area contributed by atoms with Crippen LogP contribution in [0.3, 0.4) is 0 Å². The van der Waals surface area contributed by atoms with Crippen LogP contribution < -0.4 is 10.1 Å². The highest BCUT2D eigenvalue weighted by molar-refractivity contribution is 6.03. The Morgan fingerprint density at radius 3 is 2.57 bits per heavy atom. The number of ether oxygens (including phenoxy) is 1. The van der Waals surface area contributed by atoms with Gasteiger partial charge in [0.25, 0.3) is 0 Å². The number of carbonyl (C=O) groups is 1. The van der Waals surface area contributed by atoms with E-state index in [9.17, 15) is 4.79 Å². The van der Waals surface area contributed by atoms with E-state index in [1.54, 1.807) is 7.11 Å². The monoisotopic (exact) mass is 378 g/mol. The summed E-state index contributed by atoms with van der Waals surface area (Å²) < 4.78 is 5.46. The molecule has 0 spiro atoms. The number of rotatable bonds is 6. The number of fused-ring (bicyclic) bond motifs is 1. The molecular formula is C24H30N2O2. The van der Waals surface area contributed by atoms with Gasteiger partial charge in [-0.25, -0.2) is 0 Å². The van der Waals surface area contributed by atoms with Crippen LogP contribution in [0, 0.1) is 11.8 Å². The molecule has 0 radical (unpaired) electrons. The average Bonchev–Trinajstić information content (AvgIpc) is 3.03. The highest BCUT2D eigenvalue weighted by Crippen LogP contribution is 2.38. The smallest absolute Gasteiger partial charge is 0.166 e. The third kappa shape index (κ3) is 3.93. The normalized spacial score (nSPS) is 20.2. The van der Waals surface area contributed by atoms with Crippen LogP contribution in [0.4, 0.5) is 5.69 Å². The van der Waals surface area contributed by atoms with Crippen molar-refractivity contribution in [2.24, 2.45) is 11.8 Å². The number of ketones is 1. The second-order valence-electron chi connectivity index (χ2n) is 8.17. The van der Waals surface area contributed by atoms with Crippen molar-refractivity contribution in [3.8, 4) is 5.75 Å². The first-order valence-corrected chi connectivity index (χ1v) is 10.4. The van der Waals surface area contributed by atoms with Gasteiger partial charge in [0.15, 0.2) is 5.78 Å². The lowest BCUT2D eigenvalue weighted by atomic mass is 9.85. The van der Waals surface area contributed by atoms with Crippen molar-refractivity contribution in [3.05, 3.63) is 59.2 Å². The van der Waals surface area contributed by atoms with E-state index in [-0.39, 0.29) is 5.92 Å². The summed E-state index contributed by atoms with van der Waals surface area (Å²) >= 11 is 0. The molecule has 4 rings (SSSR count). The summed E-state index contributed by atoms with van der Waals surface area (Å²) in [5.74, 6) is 1.93. The molecule has 2 aromatic rings. The molecule has 0 aromatic heterocycles. The number of piperidine rings is 1. The summed E-state index contributed by atoms with van der Waals surface area (Å²) in [6, 6.07) is 14.7. The lowest BCUT2D eigenvalue weighted by Gasteiger charge is -2.32. The lowest BCUT2D eigenvalue weighted by molar-refractivity contribution is 0.0896. The standard InChI is InChI=1S/C24H30N2O2/c1-25-22-15-21-19(14-23(22)28-2)13-20(24(21)27)12-17-8-10-26(11-9-17)16-18-6-4-3-5-7-18/h3-7,14-15,17,20,25H,8-13,16H2,1-2H3. The molecule has 1 atom stereocenters. The summed E-state index contributed by atoms with van der Waals surface area (Å²) in [4.78, 5) is 15.5. The van der Waals surface area contributed by atoms with Crippen molar-refractivity contribution in [3.63, 3.8) is 0 Å². The number of nitrogens with zero attached hydrogens (tertiary/aromatic N) is 1. The minimum absolute atomic E-state index is 0.137. The number of hydrogen-bond acceptors (Lipinski definition) is 4. The third-order valence-electron chi connectivity index (χ3n) is 6.37. The van der Waals surface area contributed by atoms with E-state index in [1.165, 1.54) is 18.4 Å². The minimum atomic E-state index is 0.137. The number of benzene rings is 2. The van der Waals surface area contributed by atoms with Crippen molar-refractivity contribution in [2.75, 3.05) is 32.6 Å². The van der Waals surface area contributed by atoms with Crippen LogP contribution in [0.5, 0.6) is 5.75 Å². The predicted octanol–water partition coefficient (Wildman–Crippen LogP) is 4.39. The molecule has 1 N–H and O–H groups in total. The van der Waals surface area contributed by atoms with Crippen LogP contribution in [-0.2, 0) is 13.0 Å². The van der Waals surface area contributed by atoms with Crippen LogP contribution >= 0.6 is 0 Å². The fraction of sp³-hybridized carbons (Fsp3) is 0.458. The zero-order valence-electron chi connectivity index (χ0n) is 16.9. The van der Waals surface area contributed by atoms with Crippen LogP contribution in [0.15, 0.2) is 42.5 Å². The van der Waals surface area contributed by atoms with Gasteiger partial charge in [-0.05, 0) is 68.0 Å². The van der Waals surface area contributed by atoms with E-state index in [0.29, 0.717) is 11.7 Å². The number of Topliss-reactive ketones (excluding diaryl/α,β-unsaturated/α-hetero) is 1. The second-order valence-corrected chi connectivity index (χ2v) is 8.17. The summed E-state index contributed by atoms with van der Waals surface area (Å²) in [6.45, 7) is 3.30. The number of hydrogen-bond donors (Lipinski definition) is 1. The Bertz CT molecular complexity index is 826. The highest BCUT2D eigenvalue weighted by Gasteiger charge is 2.34. The summed E-state index contributed by atoms with van der Waals surface area (Å²) in [5, 5.41) is 3.14. The Morgan fingerprint density at radius 2 is 1.89 bits per heavy atom. The molecule has 1 aliphatic carbocycles. The molecule has 148 valence electrons. The molecule has 4 heteroatoms. The van der Waals surface area contributed by atoms with Gasteiger partial charge in [-0.15, -0.1) is 0 Å². The van der Waals surface area contributed by atoms with E-state index in [1.807, 2.05) is 19.2 Å². The molecule has 0 saturated carbocycles. The van der Waals surface area contributed by atoms with Crippen molar-refractivity contribution in [2.45, 2.75) is 32.2 Å². The molecule has 0 amide bonds. The topological polar surface area (TPSA) is 41.6 Å². The maximum atomic E-state index is 13.0. The van der Waals surface area contributed by atoms with Gasteiger partial charge in [-0.3, -0.25) is 9.69 Å². The van der Waals surface area contributed by atoms with E-state index in [4.69, 9.17) is 4.74 Å². The zero-order chi connectivity index (χ0) is 19.5. The van der Waals surface area contributed by atoms with Gasteiger partial charge in [-0.1, -0.05) is 30.3 Å². The lowest BCUT2D eigenvalue weighted by Crippen LogP contribution is -2.34. The van der Waals surface area contributed by atoms with Crippen molar-refractivity contribution in [1.29, 1.82) is 0 Å². The first-order valence-electron chi connectivity index (χ1n) is 10.4. The minimum Gasteiger partial charge on any atom is -0.495 e. The molecule has 1 unspecified atom stereocenters. The number of methoxy groups -OCH3 is 1. The van der Waals surface area contributed by atoms with Crippen LogP contribution in [-0.4, -0.2) is 37.9 Å². The van der Waals surface area contributed by atoms with E-state index in [2.05, 4.69) is 40.5 Å². The second kappa shape index (κ2) is 8.36. The Balaban J connectivity index is 1.34. The largest absolute Gasteiger partial charge is 0.495 e. The van der Waals surface area contributed by atoms with Gasteiger partial charge in [0.1, 0.15) is 5.75 Å². The first-order chi connectivity index (χ1) is 13.7. The molecule has 1 aliphatic heterocycles. The van der Waals surface area contributed by atoms with Crippen molar-refractivity contribution >= 4 is 11.5 Å². The molecule has 4 nitrogen and oxygen atoms in total. The summed E-state index contributed by atoms with van der Waals surface area (Å²) in [5.41, 5.74) is 4.31. The van der Waals surface area contributed by atoms with Crippen LogP contribution in [0.2, 0.25) is 0 Å². The van der Waals surface area contributed by atoms with Crippen LogP contribution in [0.25, 0.3) is 0 Å². The molecular weight excluding hydrogens is 348 g/mol. The SMILES string of the molecule is CNc1cc2c(cc1OC)CC(CC1CCN(Cc3ccccc3)CC1)C2=O. The number of anilines is 1. The highest BCUT2D eigenvalue weighted by atomic mass is 16.5. The fourth-order valence-electron chi connectivity index (χ4n) is 4.78. The fourth-order valence-corrected chi connectivity index (χ4v) is 4.78. The summed E-state index contributed by atoms with van der Waals surface area (Å²) in [6.07, 6.45) is 4.26. The molecule has 1 heterocycles. The van der Waals surface area contributed by atoms with E-state index < -0.39 is 0 Å². The first kappa shape index (κ1) is 19.0. The molecule has 2 aliphatic rings. The van der Waals surface area contributed by atoms with Gasteiger partial charge in [0.2, 0.25) is 0 Å². The molecule has 1 saturated heterocycles. The molecule has 2 aromatic carbocycles. The van der Waals surface area contributed by atoms with Crippen LogP contribution in [0.1, 0.15) is 40.7 Å². The van der Waals surface area contributed by atoms with Crippen molar-refractivity contribution < 1.29 is 9.53 Å². The maximum Gasteiger partial charge on any atom is 0.166 e. The number of nitrogens with one attached hydrogen (secondary N) is 1. The van der Waals surface area contributed by atoms with Gasteiger partial charge in [0.05, 0.1) is 12.8 Å². The summed E-state index contributed by atoms with van der Waals surface area (Å²) in [7, 11) is 3.55. The average molecular weight is 379 g/mol. The quantitative estimate of drug-likeness (QED) is 0.809. The predicted molar refractivity (Wildman–Crippen MR) is 113 cm³/mol. The Hall–Kier alpha value is -2.33. The van der Waals surface area contributed by atoms with E-state index >= 15 is 0 Å². The zero-order valence-corrected chi connectivity index (χ0v) is 16.9. The third-order valence-corrected chi connectivity index (χ3v) is 6.37. The Morgan fingerprint density at radius 1 is 1.14 bits per heavy atom. The maximum absolute atomic E-state index is 13.0.